The smallest absolute Gasteiger partial charge is 0.381 e. The molecule has 0 bridgehead atoms. The Morgan fingerprint density at radius 1 is 1.11 bits per heavy atom. The Hall–Kier alpha value is -1.02. The SMILES string of the molecule is CCCCOCCCN=C(NCC)NCCC1CCN(CC(F)(F)F)CC1. The van der Waals surface area contributed by atoms with Gasteiger partial charge in [-0.1, -0.05) is 13.3 Å². The van der Waals surface area contributed by atoms with Gasteiger partial charge in [0.2, 0.25) is 0 Å². The molecule has 0 unspecified atom stereocenters. The summed E-state index contributed by atoms with van der Waals surface area (Å²) in [7, 11) is 0. The number of guanidine groups is 1. The van der Waals surface area contributed by atoms with Gasteiger partial charge in [-0.15, -0.1) is 0 Å². The maximum Gasteiger partial charge on any atom is 0.401 e. The molecule has 1 aliphatic heterocycles. The van der Waals surface area contributed by atoms with Crippen LogP contribution in [0, 0.1) is 5.92 Å². The van der Waals surface area contributed by atoms with Crippen LogP contribution in [-0.2, 0) is 4.74 Å². The van der Waals surface area contributed by atoms with Gasteiger partial charge >= 0.3 is 6.18 Å². The fraction of sp³-hybridized carbons (Fsp3) is 0.947. The second kappa shape index (κ2) is 14.0. The summed E-state index contributed by atoms with van der Waals surface area (Å²) in [5.41, 5.74) is 0. The Labute approximate surface area is 162 Å². The second-order valence-corrected chi connectivity index (χ2v) is 7.13. The summed E-state index contributed by atoms with van der Waals surface area (Å²) in [5.74, 6) is 1.29. The molecule has 1 heterocycles. The van der Waals surface area contributed by atoms with E-state index in [9.17, 15) is 13.2 Å². The number of rotatable bonds is 12. The number of likely N-dealkylation sites (tertiary alicyclic amines) is 1. The molecule has 160 valence electrons. The fourth-order valence-electron chi connectivity index (χ4n) is 3.13. The van der Waals surface area contributed by atoms with Crippen molar-refractivity contribution in [2.24, 2.45) is 10.9 Å². The Balaban J connectivity index is 2.16. The van der Waals surface area contributed by atoms with Crippen molar-refractivity contribution in [1.82, 2.24) is 15.5 Å². The summed E-state index contributed by atoms with van der Waals surface area (Å²) in [4.78, 5) is 6.06. The summed E-state index contributed by atoms with van der Waals surface area (Å²) >= 11 is 0. The summed E-state index contributed by atoms with van der Waals surface area (Å²) in [5, 5.41) is 6.56. The summed E-state index contributed by atoms with van der Waals surface area (Å²) in [6.07, 6.45) is 1.69. The Kier molecular flexibility index (Phi) is 12.5. The van der Waals surface area contributed by atoms with Gasteiger partial charge in [-0.05, 0) is 58.0 Å². The van der Waals surface area contributed by atoms with E-state index in [1.807, 2.05) is 6.92 Å². The molecule has 5 nitrogen and oxygen atoms in total. The predicted molar refractivity (Wildman–Crippen MR) is 104 cm³/mol. The lowest BCUT2D eigenvalue weighted by Crippen LogP contribution is -2.41. The zero-order chi connectivity index (χ0) is 20.0. The molecular weight excluding hydrogens is 357 g/mol. The standard InChI is InChI=1S/C19H37F3N4O/c1-3-5-14-27-15-6-10-24-18(23-4-2)25-11-7-17-8-12-26(13-9-17)16-19(20,21)22/h17H,3-16H2,1-2H3,(H2,23,24,25). The molecule has 2 N–H and O–H groups in total. The Morgan fingerprint density at radius 2 is 1.81 bits per heavy atom. The topological polar surface area (TPSA) is 48.9 Å². The Bertz CT molecular complexity index is 397. The van der Waals surface area contributed by atoms with Gasteiger partial charge in [0.1, 0.15) is 0 Å². The van der Waals surface area contributed by atoms with Crippen molar-refractivity contribution in [2.75, 3.05) is 52.5 Å². The first-order valence-corrected chi connectivity index (χ1v) is 10.3. The van der Waals surface area contributed by atoms with Crippen molar-refractivity contribution in [2.45, 2.75) is 58.5 Å². The second-order valence-electron chi connectivity index (χ2n) is 7.13. The van der Waals surface area contributed by atoms with E-state index in [0.717, 1.165) is 77.3 Å². The van der Waals surface area contributed by atoms with Crippen molar-refractivity contribution in [3.63, 3.8) is 0 Å². The van der Waals surface area contributed by atoms with Crippen LogP contribution >= 0.6 is 0 Å². The van der Waals surface area contributed by atoms with Crippen LogP contribution in [0.25, 0.3) is 0 Å². The predicted octanol–water partition coefficient (Wildman–Crippen LogP) is 3.41. The largest absolute Gasteiger partial charge is 0.401 e. The number of aliphatic imine (C=N–C) groups is 1. The summed E-state index contributed by atoms with van der Waals surface area (Å²) in [6, 6.07) is 0. The first-order chi connectivity index (χ1) is 12.9. The zero-order valence-corrected chi connectivity index (χ0v) is 16.9. The lowest BCUT2D eigenvalue weighted by molar-refractivity contribution is -0.148. The number of unbranched alkanes of at least 4 members (excludes halogenated alkanes) is 1. The lowest BCUT2D eigenvalue weighted by Gasteiger charge is -2.32. The normalized spacial score (nSPS) is 17.3. The molecule has 1 fully saturated rings. The highest BCUT2D eigenvalue weighted by atomic mass is 19.4. The van der Waals surface area contributed by atoms with Crippen LogP contribution in [0.15, 0.2) is 4.99 Å². The van der Waals surface area contributed by atoms with Crippen LogP contribution in [-0.4, -0.2) is 69.5 Å². The van der Waals surface area contributed by atoms with Crippen molar-refractivity contribution in [3.8, 4) is 0 Å². The lowest BCUT2D eigenvalue weighted by atomic mass is 9.93. The molecule has 0 amide bonds. The van der Waals surface area contributed by atoms with E-state index in [-0.39, 0.29) is 0 Å². The molecular formula is C19H37F3N4O. The molecule has 27 heavy (non-hydrogen) atoms. The summed E-state index contributed by atoms with van der Waals surface area (Å²) in [6.45, 7) is 8.34. The first-order valence-electron chi connectivity index (χ1n) is 10.3. The van der Waals surface area contributed by atoms with Crippen molar-refractivity contribution >= 4 is 5.96 Å². The van der Waals surface area contributed by atoms with E-state index >= 15 is 0 Å². The van der Waals surface area contributed by atoms with Gasteiger partial charge < -0.3 is 15.4 Å². The third-order valence-corrected chi connectivity index (χ3v) is 4.66. The van der Waals surface area contributed by atoms with Crippen LogP contribution in [0.1, 0.15) is 52.4 Å². The van der Waals surface area contributed by atoms with Crippen LogP contribution in [0.2, 0.25) is 0 Å². The Morgan fingerprint density at radius 3 is 2.44 bits per heavy atom. The maximum atomic E-state index is 12.4. The number of nitrogens with zero attached hydrogens (tertiary/aromatic N) is 2. The van der Waals surface area contributed by atoms with Crippen LogP contribution < -0.4 is 10.6 Å². The minimum absolute atomic E-state index is 0.483. The molecule has 1 saturated heterocycles. The van der Waals surface area contributed by atoms with Crippen LogP contribution in [0.3, 0.4) is 0 Å². The van der Waals surface area contributed by atoms with Crippen LogP contribution in [0.4, 0.5) is 13.2 Å². The van der Waals surface area contributed by atoms with E-state index in [4.69, 9.17) is 4.74 Å². The number of ether oxygens (including phenoxy) is 1. The average Bonchev–Trinajstić information content (AvgIpc) is 2.61. The van der Waals surface area contributed by atoms with E-state index in [1.54, 1.807) is 0 Å². The molecule has 1 aliphatic rings. The molecule has 8 heteroatoms. The number of halogens is 3. The summed E-state index contributed by atoms with van der Waals surface area (Å²) < 4.78 is 42.8. The van der Waals surface area contributed by atoms with Gasteiger partial charge in [-0.3, -0.25) is 9.89 Å². The van der Waals surface area contributed by atoms with Gasteiger partial charge in [0.05, 0.1) is 6.54 Å². The molecule has 0 aromatic heterocycles. The van der Waals surface area contributed by atoms with E-state index in [2.05, 4.69) is 22.5 Å². The zero-order valence-electron chi connectivity index (χ0n) is 16.9. The molecule has 0 aromatic rings. The fourth-order valence-corrected chi connectivity index (χ4v) is 3.13. The van der Waals surface area contributed by atoms with Gasteiger partial charge in [-0.25, -0.2) is 0 Å². The molecule has 0 aromatic carbocycles. The average molecular weight is 395 g/mol. The quantitative estimate of drug-likeness (QED) is 0.303. The van der Waals surface area contributed by atoms with Crippen molar-refractivity contribution in [3.05, 3.63) is 0 Å². The molecule has 0 spiro atoms. The highest BCUT2D eigenvalue weighted by Gasteiger charge is 2.32. The van der Waals surface area contributed by atoms with Crippen LogP contribution in [0.5, 0.6) is 0 Å². The number of hydrogen-bond donors (Lipinski definition) is 2. The number of hydrogen-bond acceptors (Lipinski definition) is 3. The molecule has 0 aliphatic carbocycles. The minimum Gasteiger partial charge on any atom is -0.381 e. The van der Waals surface area contributed by atoms with Crippen molar-refractivity contribution in [1.29, 1.82) is 0 Å². The number of piperidine rings is 1. The maximum absolute atomic E-state index is 12.4. The monoisotopic (exact) mass is 394 g/mol. The van der Waals surface area contributed by atoms with E-state index in [1.165, 1.54) is 4.90 Å². The highest BCUT2D eigenvalue weighted by Crippen LogP contribution is 2.23. The number of nitrogens with one attached hydrogen (secondary N) is 2. The van der Waals surface area contributed by atoms with E-state index in [0.29, 0.717) is 19.0 Å². The molecule has 1 rings (SSSR count). The molecule has 0 atom stereocenters. The van der Waals surface area contributed by atoms with Gasteiger partial charge in [-0.2, -0.15) is 13.2 Å². The van der Waals surface area contributed by atoms with Gasteiger partial charge in [0, 0.05) is 32.8 Å². The number of alkyl halides is 3. The first kappa shape index (κ1) is 24.0. The van der Waals surface area contributed by atoms with Crippen molar-refractivity contribution < 1.29 is 17.9 Å². The third kappa shape index (κ3) is 12.9. The minimum atomic E-state index is -4.09. The van der Waals surface area contributed by atoms with Gasteiger partial charge in [0.25, 0.3) is 0 Å². The molecule has 0 saturated carbocycles. The third-order valence-electron chi connectivity index (χ3n) is 4.66. The van der Waals surface area contributed by atoms with Gasteiger partial charge in [0.15, 0.2) is 5.96 Å². The molecule has 0 radical (unpaired) electrons. The highest BCUT2D eigenvalue weighted by molar-refractivity contribution is 5.79. The van der Waals surface area contributed by atoms with E-state index < -0.39 is 12.7 Å².